The Hall–Kier alpha value is -1.43. The van der Waals surface area contributed by atoms with Gasteiger partial charge in [-0.2, -0.15) is 0 Å². The molecule has 0 amide bonds. The van der Waals surface area contributed by atoms with Crippen molar-refractivity contribution < 1.29 is 14.5 Å². The number of halogens is 1. The van der Waals surface area contributed by atoms with Gasteiger partial charge in [0.2, 0.25) is 0 Å². The van der Waals surface area contributed by atoms with Gasteiger partial charge in [-0.25, -0.2) is 0 Å². The Bertz CT molecular complexity index is 419. The summed E-state index contributed by atoms with van der Waals surface area (Å²) in [7, 11) is 0. The minimum Gasteiger partial charge on any atom is -0.466 e. The van der Waals surface area contributed by atoms with Crippen LogP contribution in [0.4, 0.5) is 5.69 Å². The molecule has 5 nitrogen and oxygen atoms in total. The van der Waals surface area contributed by atoms with Crippen molar-refractivity contribution in [2.75, 3.05) is 6.61 Å². The summed E-state index contributed by atoms with van der Waals surface area (Å²) in [4.78, 5) is 21.5. The van der Waals surface area contributed by atoms with E-state index < -0.39 is 10.9 Å². The molecule has 86 valence electrons. The van der Waals surface area contributed by atoms with Crippen molar-refractivity contribution in [1.82, 2.24) is 0 Å². The molecular formula is C10H10BrNO4. The van der Waals surface area contributed by atoms with Crippen LogP contribution in [0.15, 0.2) is 22.7 Å². The number of carbonyl (C=O) groups excluding carboxylic acids is 1. The molecule has 0 bridgehead atoms. The third-order valence-corrected chi connectivity index (χ3v) is 2.66. The van der Waals surface area contributed by atoms with Crippen molar-refractivity contribution in [3.8, 4) is 0 Å². The smallest absolute Gasteiger partial charge is 0.310 e. The molecule has 0 saturated heterocycles. The number of esters is 1. The van der Waals surface area contributed by atoms with E-state index in [1.165, 1.54) is 6.07 Å². The number of rotatable bonds is 4. The number of ether oxygens (including phenoxy) is 1. The van der Waals surface area contributed by atoms with Gasteiger partial charge in [0.1, 0.15) is 0 Å². The molecule has 0 atom stereocenters. The normalized spacial score (nSPS) is 9.88. The Balaban J connectivity index is 3.01. The fourth-order valence-corrected chi connectivity index (χ4v) is 1.75. The number of nitro groups is 1. The predicted molar refractivity (Wildman–Crippen MR) is 61.1 cm³/mol. The first-order valence-corrected chi connectivity index (χ1v) is 5.43. The minimum atomic E-state index is -0.515. The number of benzene rings is 1. The number of nitro benzene ring substituents is 1. The predicted octanol–water partition coefficient (Wildman–Crippen LogP) is 2.46. The molecule has 0 radical (unpaired) electrons. The molecule has 16 heavy (non-hydrogen) atoms. The van der Waals surface area contributed by atoms with Gasteiger partial charge in [0.25, 0.3) is 5.69 Å². The second kappa shape index (κ2) is 5.60. The zero-order chi connectivity index (χ0) is 12.1. The highest BCUT2D eigenvalue weighted by Crippen LogP contribution is 2.27. The molecule has 0 heterocycles. The van der Waals surface area contributed by atoms with Crippen LogP contribution in [-0.4, -0.2) is 17.5 Å². The third-order valence-electron chi connectivity index (χ3n) is 1.92. The lowest BCUT2D eigenvalue weighted by atomic mass is 10.1. The Morgan fingerprint density at radius 1 is 1.56 bits per heavy atom. The summed E-state index contributed by atoms with van der Waals surface area (Å²) >= 11 is 3.18. The number of nitrogens with zero attached hydrogens (tertiary/aromatic N) is 1. The van der Waals surface area contributed by atoms with Gasteiger partial charge in [0, 0.05) is 10.5 Å². The minimum absolute atomic E-state index is 0.0811. The van der Waals surface area contributed by atoms with Crippen LogP contribution in [0, 0.1) is 10.1 Å². The van der Waals surface area contributed by atoms with Crippen molar-refractivity contribution in [2.24, 2.45) is 0 Å². The van der Waals surface area contributed by atoms with Crippen LogP contribution >= 0.6 is 15.9 Å². The van der Waals surface area contributed by atoms with Crippen molar-refractivity contribution >= 4 is 27.6 Å². The average molecular weight is 288 g/mol. The van der Waals surface area contributed by atoms with Gasteiger partial charge in [-0.3, -0.25) is 14.9 Å². The van der Waals surface area contributed by atoms with Gasteiger partial charge in [-0.1, -0.05) is 22.0 Å². The van der Waals surface area contributed by atoms with E-state index in [4.69, 9.17) is 4.74 Å². The van der Waals surface area contributed by atoms with E-state index in [0.717, 1.165) is 0 Å². The van der Waals surface area contributed by atoms with E-state index in [2.05, 4.69) is 15.9 Å². The Morgan fingerprint density at radius 2 is 2.25 bits per heavy atom. The van der Waals surface area contributed by atoms with Crippen molar-refractivity contribution in [3.05, 3.63) is 38.3 Å². The number of hydrogen-bond acceptors (Lipinski definition) is 4. The molecule has 0 aromatic heterocycles. The van der Waals surface area contributed by atoms with Crippen LogP contribution in [0.3, 0.4) is 0 Å². The molecule has 0 unspecified atom stereocenters. The Kier molecular flexibility index (Phi) is 4.42. The van der Waals surface area contributed by atoms with Crippen LogP contribution in [0.2, 0.25) is 0 Å². The topological polar surface area (TPSA) is 69.4 Å². The molecule has 0 spiro atoms. The molecule has 6 heteroatoms. The summed E-state index contributed by atoms with van der Waals surface area (Å²) in [6.07, 6.45) is -0.106. The lowest BCUT2D eigenvalue weighted by Gasteiger charge is -2.05. The second-order valence-corrected chi connectivity index (χ2v) is 3.83. The SMILES string of the molecule is CCOC(=O)Cc1c(Br)cccc1[N+](=O)[O-]. The second-order valence-electron chi connectivity index (χ2n) is 2.98. The highest BCUT2D eigenvalue weighted by Gasteiger charge is 2.19. The quantitative estimate of drug-likeness (QED) is 0.485. The molecule has 1 aromatic carbocycles. The molecule has 0 aliphatic rings. The summed E-state index contributed by atoms with van der Waals surface area (Å²) < 4.78 is 5.29. The molecular weight excluding hydrogens is 278 g/mol. The lowest BCUT2D eigenvalue weighted by molar-refractivity contribution is -0.385. The largest absolute Gasteiger partial charge is 0.466 e. The monoisotopic (exact) mass is 287 g/mol. The molecule has 0 aliphatic heterocycles. The van der Waals surface area contributed by atoms with E-state index in [9.17, 15) is 14.9 Å². The summed E-state index contributed by atoms with van der Waals surface area (Å²) in [5.74, 6) is -0.475. The van der Waals surface area contributed by atoms with E-state index in [1.54, 1.807) is 19.1 Å². The first-order valence-electron chi connectivity index (χ1n) is 4.63. The summed E-state index contributed by atoms with van der Waals surface area (Å²) in [6, 6.07) is 4.57. The van der Waals surface area contributed by atoms with Crippen LogP contribution < -0.4 is 0 Å². The van der Waals surface area contributed by atoms with Crippen molar-refractivity contribution in [2.45, 2.75) is 13.3 Å². The zero-order valence-electron chi connectivity index (χ0n) is 8.60. The molecule has 1 rings (SSSR count). The maximum absolute atomic E-state index is 11.3. The van der Waals surface area contributed by atoms with Gasteiger partial charge in [0.05, 0.1) is 23.5 Å². The summed E-state index contributed by atoms with van der Waals surface area (Å²) in [6.45, 7) is 1.95. The van der Waals surface area contributed by atoms with Crippen LogP contribution in [0.1, 0.15) is 12.5 Å². The van der Waals surface area contributed by atoms with E-state index in [-0.39, 0.29) is 18.7 Å². The zero-order valence-corrected chi connectivity index (χ0v) is 10.2. The van der Waals surface area contributed by atoms with Gasteiger partial charge in [-0.05, 0) is 13.0 Å². The van der Waals surface area contributed by atoms with E-state index in [0.29, 0.717) is 10.0 Å². The maximum Gasteiger partial charge on any atom is 0.310 e. The lowest BCUT2D eigenvalue weighted by Crippen LogP contribution is -2.09. The van der Waals surface area contributed by atoms with Crippen LogP contribution in [-0.2, 0) is 16.0 Å². The summed E-state index contributed by atoms with van der Waals surface area (Å²) in [5, 5.41) is 10.7. The van der Waals surface area contributed by atoms with Crippen LogP contribution in [0.5, 0.6) is 0 Å². The molecule has 0 saturated carbocycles. The molecule has 0 aliphatic carbocycles. The van der Waals surface area contributed by atoms with Crippen LogP contribution in [0.25, 0.3) is 0 Å². The number of carbonyl (C=O) groups is 1. The number of hydrogen-bond donors (Lipinski definition) is 0. The highest BCUT2D eigenvalue weighted by molar-refractivity contribution is 9.10. The van der Waals surface area contributed by atoms with Gasteiger partial charge in [-0.15, -0.1) is 0 Å². The molecule has 1 aromatic rings. The third kappa shape index (κ3) is 3.03. The van der Waals surface area contributed by atoms with Gasteiger partial charge in [0.15, 0.2) is 0 Å². The van der Waals surface area contributed by atoms with Crippen molar-refractivity contribution in [3.63, 3.8) is 0 Å². The molecule has 0 N–H and O–H groups in total. The van der Waals surface area contributed by atoms with E-state index in [1.807, 2.05) is 0 Å². The maximum atomic E-state index is 11.3. The van der Waals surface area contributed by atoms with Gasteiger partial charge < -0.3 is 4.74 Å². The average Bonchev–Trinajstić information content (AvgIpc) is 2.21. The molecule has 0 fully saturated rings. The van der Waals surface area contributed by atoms with Gasteiger partial charge >= 0.3 is 5.97 Å². The highest BCUT2D eigenvalue weighted by atomic mass is 79.9. The fraction of sp³-hybridized carbons (Fsp3) is 0.300. The summed E-state index contributed by atoms with van der Waals surface area (Å²) in [5.41, 5.74) is 0.258. The fourth-order valence-electron chi connectivity index (χ4n) is 1.25. The Labute approximate surface area is 101 Å². The first-order chi connectivity index (χ1) is 7.56. The van der Waals surface area contributed by atoms with Crippen molar-refractivity contribution in [1.29, 1.82) is 0 Å². The first kappa shape index (κ1) is 12.6. The standard InChI is InChI=1S/C10H10BrNO4/c1-2-16-10(13)6-7-8(11)4-3-5-9(7)12(14)15/h3-5H,2,6H2,1H3. The van der Waals surface area contributed by atoms with E-state index >= 15 is 0 Å². The Morgan fingerprint density at radius 3 is 2.81 bits per heavy atom.